The maximum atomic E-state index is 12.4. The van der Waals surface area contributed by atoms with E-state index < -0.39 is 17.2 Å². The lowest BCUT2D eigenvalue weighted by molar-refractivity contribution is -0.132. The van der Waals surface area contributed by atoms with Crippen LogP contribution in [0, 0.1) is 0 Å². The molecule has 0 atom stereocenters. The first kappa shape index (κ1) is 15.6. The highest BCUT2D eigenvalue weighted by Gasteiger charge is 2.19. The van der Waals surface area contributed by atoms with E-state index in [0.717, 1.165) is 4.57 Å². The molecule has 0 aliphatic rings. The second kappa shape index (κ2) is 5.73. The van der Waals surface area contributed by atoms with Gasteiger partial charge in [0.2, 0.25) is 0 Å². The first-order chi connectivity index (χ1) is 11.4. The third kappa shape index (κ3) is 2.47. The van der Waals surface area contributed by atoms with E-state index in [1.165, 1.54) is 25.6 Å². The van der Waals surface area contributed by atoms with Gasteiger partial charge in [-0.05, 0) is 0 Å². The highest BCUT2D eigenvalue weighted by atomic mass is 16.5. The summed E-state index contributed by atoms with van der Waals surface area (Å²) in [5, 5.41) is 0. The number of esters is 1. The lowest BCUT2D eigenvalue weighted by atomic mass is 10.1. The normalized spacial score (nSPS) is 10.8. The molecule has 1 aromatic carbocycles. The van der Waals surface area contributed by atoms with Crippen LogP contribution >= 0.6 is 0 Å². The molecule has 3 aromatic rings. The first-order valence-electron chi connectivity index (χ1n) is 7.11. The van der Waals surface area contributed by atoms with Gasteiger partial charge in [-0.3, -0.25) is 18.7 Å². The number of hydrogen-bond acceptors (Lipinski definition) is 6. The highest BCUT2D eigenvalue weighted by Crippen LogP contribution is 2.27. The molecule has 8 heteroatoms. The molecule has 0 aliphatic heterocycles. The van der Waals surface area contributed by atoms with E-state index in [1.807, 2.05) is 6.07 Å². The molecule has 0 aliphatic carbocycles. The quantitative estimate of drug-likeness (QED) is 0.641. The van der Waals surface area contributed by atoms with Gasteiger partial charge >= 0.3 is 11.7 Å². The van der Waals surface area contributed by atoms with E-state index in [-0.39, 0.29) is 22.7 Å². The second-order valence-corrected chi connectivity index (χ2v) is 5.22. The number of fused-ring (bicyclic) bond motifs is 1. The van der Waals surface area contributed by atoms with Crippen molar-refractivity contribution in [3.63, 3.8) is 0 Å². The molecule has 122 valence electrons. The van der Waals surface area contributed by atoms with E-state index in [1.54, 1.807) is 24.3 Å². The number of nitrogens with zero attached hydrogens (tertiary/aromatic N) is 4. The van der Waals surface area contributed by atoms with Crippen LogP contribution in [0.5, 0.6) is 5.88 Å². The van der Waals surface area contributed by atoms with Crippen molar-refractivity contribution in [1.29, 1.82) is 0 Å². The summed E-state index contributed by atoms with van der Waals surface area (Å²) < 4.78 is 7.28. The van der Waals surface area contributed by atoms with Crippen molar-refractivity contribution in [3.8, 4) is 17.1 Å². The Hall–Kier alpha value is -3.29. The van der Waals surface area contributed by atoms with Crippen LogP contribution in [0.25, 0.3) is 22.4 Å². The van der Waals surface area contributed by atoms with E-state index in [0.29, 0.717) is 5.56 Å². The number of aryl methyl sites for hydroxylation is 1. The minimum Gasteiger partial charge on any atom is -0.405 e. The van der Waals surface area contributed by atoms with E-state index >= 15 is 0 Å². The average molecular weight is 326 g/mol. The zero-order chi connectivity index (χ0) is 17.4. The molecular weight excluding hydrogens is 312 g/mol. The molecule has 0 N–H and O–H groups in total. The number of aromatic nitrogens is 4. The maximum Gasteiger partial charge on any atom is 0.332 e. The topological polar surface area (TPSA) is 96.1 Å². The number of rotatable bonds is 2. The second-order valence-electron chi connectivity index (χ2n) is 5.22. The van der Waals surface area contributed by atoms with Crippen molar-refractivity contribution < 1.29 is 9.53 Å². The van der Waals surface area contributed by atoms with Crippen molar-refractivity contribution in [2.75, 3.05) is 0 Å². The molecule has 0 fully saturated rings. The Morgan fingerprint density at radius 3 is 2.33 bits per heavy atom. The fourth-order valence-corrected chi connectivity index (χ4v) is 2.34. The summed E-state index contributed by atoms with van der Waals surface area (Å²) in [6.45, 7) is 1.24. The van der Waals surface area contributed by atoms with Crippen LogP contribution in [0.1, 0.15) is 6.92 Å². The standard InChI is InChI=1S/C16H14N4O4/c1-9(21)24-14-11(10-7-5-4-6-8-10)17-12-13(18-14)19(2)16(23)20(3)15(12)22/h4-8H,1-3H3. The Morgan fingerprint density at radius 1 is 1.04 bits per heavy atom. The Bertz CT molecular complexity index is 1070. The van der Waals surface area contributed by atoms with E-state index in [2.05, 4.69) is 9.97 Å². The Kier molecular flexibility index (Phi) is 3.72. The molecule has 0 bridgehead atoms. The molecular formula is C16H14N4O4. The number of carbonyl (C=O) groups is 1. The molecule has 8 nitrogen and oxygen atoms in total. The minimum absolute atomic E-state index is 0.0226. The molecule has 2 heterocycles. The monoisotopic (exact) mass is 326 g/mol. The summed E-state index contributed by atoms with van der Waals surface area (Å²) in [6.07, 6.45) is 0. The van der Waals surface area contributed by atoms with Gasteiger partial charge in [0, 0.05) is 26.6 Å². The molecule has 0 unspecified atom stereocenters. The Balaban J connectivity index is 2.44. The summed E-state index contributed by atoms with van der Waals surface area (Å²) in [6, 6.07) is 8.92. The van der Waals surface area contributed by atoms with Crippen LogP contribution < -0.4 is 16.0 Å². The molecule has 0 saturated heterocycles. The van der Waals surface area contributed by atoms with Crippen molar-refractivity contribution in [2.45, 2.75) is 6.92 Å². The molecule has 0 saturated carbocycles. The van der Waals surface area contributed by atoms with Crippen molar-refractivity contribution >= 4 is 17.1 Å². The van der Waals surface area contributed by atoms with Gasteiger partial charge in [-0.25, -0.2) is 9.78 Å². The van der Waals surface area contributed by atoms with Gasteiger partial charge in [0.15, 0.2) is 11.2 Å². The van der Waals surface area contributed by atoms with Gasteiger partial charge in [-0.15, -0.1) is 0 Å². The molecule has 0 radical (unpaired) electrons. The molecule has 24 heavy (non-hydrogen) atoms. The zero-order valence-corrected chi connectivity index (χ0v) is 13.3. The highest BCUT2D eigenvalue weighted by molar-refractivity contribution is 5.79. The number of carbonyl (C=O) groups excluding carboxylic acids is 1. The fourth-order valence-electron chi connectivity index (χ4n) is 2.34. The number of ether oxygens (including phenoxy) is 1. The lowest BCUT2D eigenvalue weighted by Gasteiger charge is -2.11. The van der Waals surface area contributed by atoms with Crippen LogP contribution in [0.2, 0.25) is 0 Å². The SMILES string of the molecule is CC(=O)Oc1nc2c(nc1-c1ccccc1)c(=O)n(C)c(=O)n2C. The minimum atomic E-state index is -0.574. The average Bonchev–Trinajstić information content (AvgIpc) is 2.58. The summed E-state index contributed by atoms with van der Waals surface area (Å²) >= 11 is 0. The lowest BCUT2D eigenvalue weighted by Crippen LogP contribution is -2.37. The van der Waals surface area contributed by atoms with Crippen molar-refractivity contribution in [2.24, 2.45) is 14.1 Å². The Labute approximate surface area is 136 Å². The fraction of sp³-hybridized carbons (Fsp3) is 0.188. The summed E-state index contributed by atoms with van der Waals surface area (Å²) in [7, 11) is 2.84. The zero-order valence-electron chi connectivity index (χ0n) is 13.3. The van der Waals surface area contributed by atoms with Gasteiger partial charge in [-0.1, -0.05) is 30.3 Å². The summed E-state index contributed by atoms with van der Waals surface area (Å²) in [5.74, 6) is -0.626. The van der Waals surface area contributed by atoms with E-state index in [4.69, 9.17) is 4.74 Å². The summed E-state index contributed by atoms with van der Waals surface area (Å²) in [5.41, 5.74) is -0.128. The number of benzene rings is 1. The molecule has 0 amide bonds. The van der Waals surface area contributed by atoms with Crippen molar-refractivity contribution in [1.82, 2.24) is 19.1 Å². The van der Waals surface area contributed by atoms with Gasteiger partial charge in [0.05, 0.1) is 0 Å². The summed E-state index contributed by atoms with van der Waals surface area (Å²) in [4.78, 5) is 44.3. The van der Waals surface area contributed by atoms with Crippen LogP contribution in [0.3, 0.4) is 0 Å². The van der Waals surface area contributed by atoms with Gasteiger partial charge in [0.1, 0.15) is 5.69 Å². The first-order valence-corrected chi connectivity index (χ1v) is 7.11. The smallest absolute Gasteiger partial charge is 0.332 e. The van der Waals surface area contributed by atoms with Crippen LogP contribution in [0.4, 0.5) is 0 Å². The maximum absolute atomic E-state index is 12.4. The third-order valence-electron chi connectivity index (χ3n) is 3.53. The van der Waals surface area contributed by atoms with Crippen LogP contribution in [0.15, 0.2) is 39.9 Å². The van der Waals surface area contributed by atoms with Crippen LogP contribution in [-0.4, -0.2) is 25.1 Å². The van der Waals surface area contributed by atoms with Gasteiger partial charge < -0.3 is 4.74 Å². The van der Waals surface area contributed by atoms with Gasteiger partial charge in [0.25, 0.3) is 11.4 Å². The van der Waals surface area contributed by atoms with Gasteiger partial charge in [-0.2, -0.15) is 4.98 Å². The molecule has 3 rings (SSSR count). The molecule has 2 aromatic heterocycles. The van der Waals surface area contributed by atoms with E-state index in [9.17, 15) is 14.4 Å². The Morgan fingerprint density at radius 2 is 1.71 bits per heavy atom. The number of hydrogen-bond donors (Lipinski definition) is 0. The van der Waals surface area contributed by atoms with Crippen molar-refractivity contribution in [3.05, 3.63) is 51.2 Å². The predicted octanol–water partition coefficient (Wildman–Crippen LogP) is 0.619. The predicted molar refractivity (Wildman–Crippen MR) is 86.8 cm³/mol. The van der Waals surface area contributed by atoms with Crippen LogP contribution in [-0.2, 0) is 18.9 Å². The third-order valence-corrected chi connectivity index (χ3v) is 3.53. The largest absolute Gasteiger partial charge is 0.405 e. The molecule has 0 spiro atoms.